The number of thioether (sulfide) groups is 1. The Bertz CT molecular complexity index is 647. The normalized spacial score (nSPS) is 11.7. The fraction of sp³-hybridized carbons (Fsp3) is 0.615. The van der Waals surface area contributed by atoms with Crippen LogP contribution in [0, 0.1) is 6.92 Å². The van der Waals surface area contributed by atoms with Crippen molar-refractivity contribution in [2.24, 2.45) is 7.05 Å². The van der Waals surface area contributed by atoms with Crippen molar-refractivity contribution in [2.75, 3.05) is 12.4 Å². The monoisotopic (exact) mass is 312 g/mol. The maximum atomic E-state index is 10.8. The summed E-state index contributed by atoms with van der Waals surface area (Å²) >= 11 is 1.22. The van der Waals surface area contributed by atoms with E-state index < -0.39 is 5.97 Å². The van der Waals surface area contributed by atoms with Gasteiger partial charge in [-0.2, -0.15) is 5.10 Å². The number of aryl methyl sites for hydroxylation is 2. The first-order valence-corrected chi connectivity index (χ1v) is 7.74. The van der Waals surface area contributed by atoms with Gasteiger partial charge in [-0.3, -0.25) is 9.48 Å². The molecule has 0 amide bonds. The zero-order valence-corrected chi connectivity index (χ0v) is 13.5. The SMILES string of the molecule is Cc1nn(C)c2c1nc(SCC(=O)O)n2CCOC(C)C. The first-order chi connectivity index (χ1) is 9.90. The molecule has 8 heteroatoms. The van der Waals surface area contributed by atoms with Crippen LogP contribution in [-0.4, -0.2) is 48.9 Å². The Morgan fingerprint density at radius 1 is 1.48 bits per heavy atom. The van der Waals surface area contributed by atoms with Crippen LogP contribution >= 0.6 is 11.8 Å². The molecule has 0 spiro atoms. The standard InChI is InChI=1S/C13H20N4O3S/c1-8(2)20-6-5-17-12-11(9(3)15-16(12)4)14-13(17)21-7-10(18)19/h8H,5-7H2,1-4H3,(H,18,19). The molecule has 0 saturated heterocycles. The van der Waals surface area contributed by atoms with Gasteiger partial charge in [-0.15, -0.1) is 0 Å². The summed E-state index contributed by atoms with van der Waals surface area (Å²) in [7, 11) is 1.86. The smallest absolute Gasteiger partial charge is 0.313 e. The van der Waals surface area contributed by atoms with Crippen LogP contribution in [0.5, 0.6) is 0 Å². The average Bonchev–Trinajstić information content (AvgIpc) is 2.86. The highest BCUT2D eigenvalue weighted by Gasteiger charge is 2.18. The van der Waals surface area contributed by atoms with Crippen LogP contribution in [0.25, 0.3) is 11.2 Å². The van der Waals surface area contributed by atoms with Gasteiger partial charge in [0.1, 0.15) is 5.52 Å². The number of carboxylic acid groups (broad SMARTS) is 1. The maximum absolute atomic E-state index is 10.8. The van der Waals surface area contributed by atoms with Gasteiger partial charge in [0.15, 0.2) is 10.8 Å². The number of imidazole rings is 1. The van der Waals surface area contributed by atoms with E-state index in [-0.39, 0.29) is 11.9 Å². The van der Waals surface area contributed by atoms with Gasteiger partial charge in [-0.25, -0.2) is 4.98 Å². The van der Waals surface area contributed by atoms with Crippen LogP contribution in [0.4, 0.5) is 0 Å². The largest absolute Gasteiger partial charge is 0.481 e. The van der Waals surface area contributed by atoms with Crippen molar-refractivity contribution in [1.82, 2.24) is 19.3 Å². The summed E-state index contributed by atoms with van der Waals surface area (Å²) in [5.41, 5.74) is 2.55. The Morgan fingerprint density at radius 2 is 2.19 bits per heavy atom. The Morgan fingerprint density at radius 3 is 2.81 bits per heavy atom. The quantitative estimate of drug-likeness (QED) is 0.783. The third-order valence-electron chi connectivity index (χ3n) is 2.95. The third-order valence-corrected chi connectivity index (χ3v) is 3.91. The van der Waals surface area contributed by atoms with Crippen LogP contribution in [0.3, 0.4) is 0 Å². The van der Waals surface area contributed by atoms with Crippen LogP contribution in [0.1, 0.15) is 19.5 Å². The van der Waals surface area contributed by atoms with E-state index in [1.807, 2.05) is 32.4 Å². The summed E-state index contributed by atoms with van der Waals surface area (Å²) in [6.45, 7) is 7.04. The molecule has 0 radical (unpaired) electrons. The van der Waals surface area contributed by atoms with E-state index in [0.29, 0.717) is 18.3 Å². The molecule has 0 saturated carbocycles. The third kappa shape index (κ3) is 3.56. The van der Waals surface area contributed by atoms with E-state index >= 15 is 0 Å². The summed E-state index contributed by atoms with van der Waals surface area (Å²) < 4.78 is 9.34. The number of hydrogen-bond acceptors (Lipinski definition) is 5. The Balaban J connectivity index is 2.31. The first kappa shape index (κ1) is 15.8. The Hall–Kier alpha value is -1.54. The van der Waals surface area contributed by atoms with Gasteiger partial charge in [0.25, 0.3) is 0 Å². The molecular formula is C13H20N4O3S. The number of ether oxygens (including phenoxy) is 1. The average molecular weight is 312 g/mol. The van der Waals surface area contributed by atoms with Gasteiger partial charge in [0, 0.05) is 7.05 Å². The molecule has 0 unspecified atom stereocenters. The highest BCUT2D eigenvalue weighted by molar-refractivity contribution is 7.99. The van der Waals surface area contributed by atoms with Gasteiger partial charge in [-0.1, -0.05) is 11.8 Å². The highest BCUT2D eigenvalue weighted by atomic mass is 32.2. The van der Waals surface area contributed by atoms with Gasteiger partial charge < -0.3 is 14.4 Å². The summed E-state index contributed by atoms with van der Waals surface area (Å²) in [6.07, 6.45) is 0.160. The molecule has 2 aromatic rings. The zero-order chi connectivity index (χ0) is 15.6. The summed E-state index contributed by atoms with van der Waals surface area (Å²) in [4.78, 5) is 15.3. The number of rotatable bonds is 7. The van der Waals surface area contributed by atoms with E-state index in [0.717, 1.165) is 16.9 Å². The number of nitrogens with zero attached hydrogens (tertiary/aromatic N) is 4. The lowest BCUT2D eigenvalue weighted by molar-refractivity contribution is -0.133. The van der Waals surface area contributed by atoms with Crippen molar-refractivity contribution in [1.29, 1.82) is 0 Å². The van der Waals surface area contributed by atoms with E-state index in [1.165, 1.54) is 11.8 Å². The minimum absolute atomic E-state index is 0.0131. The fourth-order valence-electron chi connectivity index (χ4n) is 2.13. The molecule has 2 rings (SSSR count). The van der Waals surface area contributed by atoms with Crippen molar-refractivity contribution >= 4 is 28.9 Å². The molecule has 0 aromatic carbocycles. The molecule has 2 aromatic heterocycles. The zero-order valence-electron chi connectivity index (χ0n) is 12.7. The van der Waals surface area contributed by atoms with Crippen LogP contribution in [0.2, 0.25) is 0 Å². The van der Waals surface area contributed by atoms with Gasteiger partial charge in [0.05, 0.1) is 30.7 Å². The topological polar surface area (TPSA) is 82.2 Å². The van der Waals surface area contributed by atoms with Crippen LogP contribution < -0.4 is 0 Å². The number of aromatic nitrogens is 4. The molecule has 1 N–H and O–H groups in total. The number of carbonyl (C=O) groups is 1. The second-order valence-electron chi connectivity index (χ2n) is 5.03. The van der Waals surface area contributed by atoms with Crippen molar-refractivity contribution in [2.45, 2.75) is 38.6 Å². The molecule has 116 valence electrons. The summed E-state index contributed by atoms with van der Waals surface area (Å²) in [5, 5.41) is 13.9. The predicted octanol–water partition coefficient (Wildman–Crippen LogP) is 1.68. The predicted molar refractivity (Wildman–Crippen MR) is 80.7 cm³/mol. The minimum Gasteiger partial charge on any atom is -0.481 e. The van der Waals surface area contributed by atoms with Gasteiger partial charge in [0.2, 0.25) is 0 Å². The number of hydrogen-bond donors (Lipinski definition) is 1. The molecule has 0 atom stereocenters. The van der Waals surface area contributed by atoms with Gasteiger partial charge >= 0.3 is 5.97 Å². The van der Waals surface area contributed by atoms with Crippen molar-refractivity contribution in [3.8, 4) is 0 Å². The molecule has 0 aliphatic carbocycles. The van der Waals surface area contributed by atoms with E-state index in [2.05, 4.69) is 10.1 Å². The lowest BCUT2D eigenvalue weighted by Crippen LogP contribution is -2.13. The van der Waals surface area contributed by atoms with Crippen LogP contribution in [-0.2, 0) is 23.1 Å². The van der Waals surface area contributed by atoms with E-state index in [4.69, 9.17) is 9.84 Å². The van der Waals surface area contributed by atoms with Crippen LogP contribution in [0.15, 0.2) is 5.16 Å². The van der Waals surface area contributed by atoms with Crippen molar-refractivity contribution < 1.29 is 14.6 Å². The van der Waals surface area contributed by atoms with Crippen molar-refractivity contribution in [3.05, 3.63) is 5.69 Å². The van der Waals surface area contributed by atoms with E-state index in [9.17, 15) is 4.79 Å². The molecule has 0 fully saturated rings. The number of fused-ring (bicyclic) bond motifs is 1. The summed E-state index contributed by atoms with van der Waals surface area (Å²) in [6, 6.07) is 0. The van der Waals surface area contributed by atoms with Gasteiger partial charge in [-0.05, 0) is 20.8 Å². The Labute approximate surface area is 127 Å². The molecule has 0 bridgehead atoms. The molecule has 0 aliphatic rings. The number of aliphatic carboxylic acids is 1. The summed E-state index contributed by atoms with van der Waals surface area (Å²) in [5.74, 6) is -0.868. The molecule has 0 aliphatic heterocycles. The first-order valence-electron chi connectivity index (χ1n) is 6.76. The fourth-order valence-corrected chi connectivity index (χ4v) is 2.87. The molecular weight excluding hydrogens is 292 g/mol. The minimum atomic E-state index is -0.855. The molecule has 21 heavy (non-hydrogen) atoms. The maximum Gasteiger partial charge on any atom is 0.313 e. The molecule has 2 heterocycles. The highest BCUT2D eigenvalue weighted by Crippen LogP contribution is 2.25. The van der Waals surface area contributed by atoms with E-state index in [1.54, 1.807) is 4.68 Å². The van der Waals surface area contributed by atoms with Crippen molar-refractivity contribution in [3.63, 3.8) is 0 Å². The molecule has 7 nitrogen and oxygen atoms in total. The lowest BCUT2D eigenvalue weighted by atomic mass is 10.4. The Kier molecular flexibility index (Phi) is 4.89. The second kappa shape index (κ2) is 6.48. The second-order valence-corrected chi connectivity index (χ2v) is 5.97. The lowest BCUT2D eigenvalue weighted by Gasteiger charge is -2.11. The number of carboxylic acids is 1.